The fourth-order valence-electron chi connectivity index (χ4n) is 3.53. The summed E-state index contributed by atoms with van der Waals surface area (Å²) in [5, 5.41) is 6.40. The van der Waals surface area contributed by atoms with Crippen LogP contribution < -0.4 is 10.6 Å². The van der Waals surface area contributed by atoms with E-state index in [0.717, 1.165) is 18.5 Å². The fourth-order valence-corrected chi connectivity index (χ4v) is 4.16. The predicted molar refractivity (Wildman–Crippen MR) is 123 cm³/mol. The average Bonchev–Trinajstić information content (AvgIpc) is 2.76. The largest absolute Gasteiger partial charge is 0.357 e. The van der Waals surface area contributed by atoms with Crippen LogP contribution in [0.4, 0.5) is 0 Å². The van der Waals surface area contributed by atoms with Crippen LogP contribution in [-0.2, 0) is 34.0 Å². The number of carbonyl (C=O) groups excluding carboxylic acids is 1. The molecule has 0 bridgehead atoms. The topological polar surface area (TPSA) is 90.9 Å². The number of sulfone groups is 1. The van der Waals surface area contributed by atoms with Crippen molar-refractivity contribution in [3.63, 3.8) is 0 Å². The van der Waals surface area contributed by atoms with E-state index >= 15 is 0 Å². The predicted octanol–water partition coefficient (Wildman–Crippen LogP) is 1.77. The monoisotopic (exact) mass is 442 g/mol. The molecular weight excluding hydrogens is 412 g/mol. The Bertz CT molecular complexity index is 1030. The molecule has 0 atom stereocenters. The number of rotatable bonds is 7. The molecule has 0 saturated heterocycles. The summed E-state index contributed by atoms with van der Waals surface area (Å²) in [6.45, 7) is 4.75. The van der Waals surface area contributed by atoms with Crippen LogP contribution in [0.2, 0.25) is 0 Å². The van der Waals surface area contributed by atoms with E-state index in [0.29, 0.717) is 36.9 Å². The number of nitrogens with one attached hydrogen (secondary N) is 2. The van der Waals surface area contributed by atoms with E-state index in [2.05, 4.69) is 27.8 Å². The third-order valence-electron chi connectivity index (χ3n) is 5.26. The van der Waals surface area contributed by atoms with Gasteiger partial charge < -0.3 is 15.5 Å². The number of amides is 1. The van der Waals surface area contributed by atoms with E-state index in [9.17, 15) is 13.2 Å². The molecular formula is C23H30N4O3S. The van der Waals surface area contributed by atoms with Crippen LogP contribution in [0.25, 0.3) is 0 Å². The molecule has 1 amide bonds. The molecule has 0 unspecified atom stereocenters. The minimum Gasteiger partial charge on any atom is -0.357 e. The zero-order chi connectivity index (χ0) is 22.3. The van der Waals surface area contributed by atoms with E-state index < -0.39 is 9.84 Å². The maximum atomic E-state index is 12.6. The Morgan fingerprint density at radius 2 is 1.77 bits per heavy atom. The van der Waals surface area contributed by atoms with Gasteiger partial charge in [-0.15, -0.1) is 0 Å². The van der Waals surface area contributed by atoms with E-state index in [1.54, 1.807) is 12.1 Å². The van der Waals surface area contributed by atoms with Gasteiger partial charge in [0.25, 0.3) is 0 Å². The lowest BCUT2D eigenvalue weighted by atomic mass is 10.00. The van der Waals surface area contributed by atoms with Gasteiger partial charge in [0.05, 0.1) is 4.90 Å². The van der Waals surface area contributed by atoms with Gasteiger partial charge in [0, 0.05) is 32.4 Å². The summed E-state index contributed by atoms with van der Waals surface area (Å²) in [5.41, 5.74) is 3.55. The molecule has 1 aliphatic heterocycles. The van der Waals surface area contributed by atoms with Gasteiger partial charge in [-0.25, -0.2) is 13.4 Å². The molecule has 0 aliphatic carbocycles. The van der Waals surface area contributed by atoms with Crippen molar-refractivity contribution in [3.05, 3.63) is 65.2 Å². The van der Waals surface area contributed by atoms with E-state index in [4.69, 9.17) is 0 Å². The molecule has 3 rings (SSSR count). The van der Waals surface area contributed by atoms with Crippen LogP contribution in [0.15, 0.2) is 58.4 Å². The first-order valence-corrected chi connectivity index (χ1v) is 12.4. The summed E-state index contributed by atoms with van der Waals surface area (Å²) in [5.74, 6) is 0.615. The zero-order valence-corrected chi connectivity index (χ0v) is 18.9. The second-order valence-electron chi connectivity index (χ2n) is 7.62. The lowest BCUT2D eigenvalue weighted by Gasteiger charge is -2.28. The fraction of sp³-hybridized carbons (Fsp3) is 0.391. The van der Waals surface area contributed by atoms with E-state index in [1.165, 1.54) is 17.4 Å². The first kappa shape index (κ1) is 22.8. The van der Waals surface area contributed by atoms with Crippen molar-refractivity contribution in [3.8, 4) is 0 Å². The van der Waals surface area contributed by atoms with Crippen LogP contribution >= 0.6 is 0 Å². The molecule has 8 heteroatoms. The Hall–Kier alpha value is -2.87. The molecule has 0 fully saturated rings. The van der Waals surface area contributed by atoms with Crippen LogP contribution in [0.5, 0.6) is 0 Å². The summed E-state index contributed by atoms with van der Waals surface area (Å²) in [4.78, 5) is 19.3. The summed E-state index contributed by atoms with van der Waals surface area (Å²) in [6.07, 6.45) is 2.79. The van der Waals surface area contributed by atoms with Gasteiger partial charge in [-0.05, 0) is 48.6 Å². The molecule has 2 N–H and O–H groups in total. The van der Waals surface area contributed by atoms with Crippen LogP contribution in [-0.4, -0.2) is 57.6 Å². The van der Waals surface area contributed by atoms with Crippen LogP contribution in [0.3, 0.4) is 0 Å². The Balaban J connectivity index is 1.51. The van der Waals surface area contributed by atoms with Gasteiger partial charge in [0.2, 0.25) is 5.91 Å². The van der Waals surface area contributed by atoms with Crippen molar-refractivity contribution >= 4 is 21.7 Å². The molecule has 0 radical (unpaired) electrons. The van der Waals surface area contributed by atoms with Crippen LogP contribution in [0.1, 0.15) is 23.6 Å². The van der Waals surface area contributed by atoms with Gasteiger partial charge in [-0.1, -0.05) is 36.4 Å². The Morgan fingerprint density at radius 3 is 2.45 bits per heavy atom. The lowest BCUT2D eigenvalue weighted by Crippen LogP contribution is -2.41. The summed E-state index contributed by atoms with van der Waals surface area (Å²) in [6, 6.07) is 15.1. The number of guanidine groups is 1. The van der Waals surface area contributed by atoms with Gasteiger partial charge in [0.1, 0.15) is 6.54 Å². The minimum atomic E-state index is -3.18. The third-order valence-corrected chi connectivity index (χ3v) is 6.39. The SMILES string of the molecule is CCNC(=NCC(=O)N1CCc2ccccc2C1)NCCc1ccc(S(C)(=O)=O)cc1. The molecule has 2 aromatic rings. The number of nitrogens with zero attached hydrogens (tertiary/aromatic N) is 2. The smallest absolute Gasteiger partial charge is 0.244 e. The van der Waals surface area contributed by atoms with Gasteiger partial charge in [-0.3, -0.25) is 4.79 Å². The Kier molecular flexibility index (Phi) is 7.68. The van der Waals surface area contributed by atoms with Crippen molar-refractivity contribution in [2.75, 3.05) is 32.4 Å². The first-order valence-electron chi connectivity index (χ1n) is 10.5. The highest BCUT2D eigenvalue weighted by atomic mass is 32.2. The molecule has 1 heterocycles. The highest BCUT2D eigenvalue weighted by Crippen LogP contribution is 2.18. The Labute approximate surface area is 184 Å². The van der Waals surface area contributed by atoms with Crippen molar-refractivity contribution in [1.82, 2.24) is 15.5 Å². The van der Waals surface area contributed by atoms with Gasteiger partial charge in [-0.2, -0.15) is 0 Å². The van der Waals surface area contributed by atoms with Crippen molar-refractivity contribution < 1.29 is 13.2 Å². The summed E-state index contributed by atoms with van der Waals surface area (Å²) >= 11 is 0. The Morgan fingerprint density at radius 1 is 1.06 bits per heavy atom. The van der Waals surface area contributed by atoms with Crippen LogP contribution in [0, 0.1) is 0 Å². The quantitative estimate of drug-likeness (QED) is 0.504. The molecule has 7 nitrogen and oxygen atoms in total. The molecule has 1 aliphatic rings. The highest BCUT2D eigenvalue weighted by molar-refractivity contribution is 7.90. The highest BCUT2D eigenvalue weighted by Gasteiger charge is 2.20. The maximum Gasteiger partial charge on any atom is 0.244 e. The second-order valence-corrected chi connectivity index (χ2v) is 9.64. The molecule has 166 valence electrons. The van der Waals surface area contributed by atoms with Gasteiger partial charge >= 0.3 is 0 Å². The molecule has 0 aromatic heterocycles. The number of fused-ring (bicyclic) bond motifs is 1. The zero-order valence-electron chi connectivity index (χ0n) is 18.1. The molecule has 0 saturated carbocycles. The number of carbonyl (C=O) groups is 1. The number of hydrogen-bond donors (Lipinski definition) is 2. The van der Waals surface area contributed by atoms with E-state index in [1.807, 2.05) is 36.1 Å². The average molecular weight is 443 g/mol. The molecule has 2 aromatic carbocycles. The van der Waals surface area contributed by atoms with E-state index in [-0.39, 0.29) is 12.5 Å². The number of hydrogen-bond acceptors (Lipinski definition) is 4. The molecule has 0 spiro atoms. The third kappa shape index (κ3) is 6.55. The van der Waals surface area contributed by atoms with Crippen molar-refractivity contribution in [2.45, 2.75) is 31.2 Å². The summed E-state index contributed by atoms with van der Waals surface area (Å²) in [7, 11) is -3.18. The van der Waals surface area contributed by atoms with Crippen molar-refractivity contribution in [1.29, 1.82) is 0 Å². The lowest BCUT2D eigenvalue weighted by molar-refractivity contribution is -0.130. The van der Waals surface area contributed by atoms with Crippen molar-refractivity contribution in [2.24, 2.45) is 4.99 Å². The number of aliphatic imine (C=N–C) groups is 1. The molecule has 31 heavy (non-hydrogen) atoms. The first-order chi connectivity index (χ1) is 14.9. The summed E-state index contributed by atoms with van der Waals surface area (Å²) < 4.78 is 23.1. The minimum absolute atomic E-state index is 0.0167. The standard InChI is InChI=1S/C23H30N4O3S/c1-3-24-23(25-14-12-18-8-10-21(11-9-18)31(2,29)30)26-16-22(28)27-15-13-19-6-4-5-7-20(19)17-27/h4-11H,3,12-17H2,1-2H3,(H2,24,25,26). The van der Waals surface area contributed by atoms with Gasteiger partial charge in [0.15, 0.2) is 15.8 Å². The second kappa shape index (κ2) is 10.4. The maximum absolute atomic E-state index is 12.6. The number of benzene rings is 2. The normalized spacial score (nSPS) is 14.1.